The summed E-state index contributed by atoms with van der Waals surface area (Å²) in [6.45, 7) is 3.92. The monoisotopic (exact) mass is 295 g/mol. The fourth-order valence-corrected chi connectivity index (χ4v) is 3.28. The average Bonchev–Trinajstić information content (AvgIpc) is 2.46. The molecule has 112 valence electrons. The largest absolute Gasteiger partial charge is 0.387 e. The molecule has 1 aromatic rings. The van der Waals surface area contributed by atoms with Crippen LogP contribution in [0.25, 0.3) is 0 Å². The van der Waals surface area contributed by atoms with Gasteiger partial charge in [0.15, 0.2) is 0 Å². The summed E-state index contributed by atoms with van der Waals surface area (Å²) in [6, 6.07) is 7.50. The first-order valence-corrected chi connectivity index (χ1v) is 8.18. The SMILES string of the molecule is CC1CCC(CCNCC(O)c2ccccc2Cl)CC1. The lowest BCUT2D eigenvalue weighted by molar-refractivity contribution is 0.173. The van der Waals surface area contributed by atoms with E-state index in [4.69, 9.17) is 11.6 Å². The molecule has 0 amide bonds. The van der Waals surface area contributed by atoms with Gasteiger partial charge in [0.05, 0.1) is 6.10 Å². The molecule has 1 aliphatic rings. The van der Waals surface area contributed by atoms with Crippen LogP contribution in [0.1, 0.15) is 50.7 Å². The molecule has 1 fully saturated rings. The van der Waals surface area contributed by atoms with Crippen LogP contribution < -0.4 is 5.32 Å². The van der Waals surface area contributed by atoms with Crippen LogP contribution in [0.4, 0.5) is 0 Å². The maximum absolute atomic E-state index is 10.1. The van der Waals surface area contributed by atoms with Gasteiger partial charge in [0.1, 0.15) is 0 Å². The molecule has 0 spiro atoms. The van der Waals surface area contributed by atoms with E-state index in [0.29, 0.717) is 11.6 Å². The van der Waals surface area contributed by atoms with Crippen LogP contribution >= 0.6 is 11.6 Å². The second-order valence-corrected chi connectivity index (χ2v) is 6.56. The van der Waals surface area contributed by atoms with Gasteiger partial charge in [-0.25, -0.2) is 0 Å². The molecule has 0 radical (unpaired) electrons. The Kier molecular flexibility index (Phi) is 6.34. The van der Waals surface area contributed by atoms with Gasteiger partial charge in [0, 0.05) is 17.1 Å². The lowest BCUT2D eigenvalue weighted by Crippen LogP contribution is -2.25. The van der Waals surface area contributed by atoms with Crippen molar-refractivity contribution in [2.24, 2.45) is 11.8 Å². The van der Waals surface area contributed by atoms with E-state index in [9.17, 15) is 5.11 Å². The summed E-state index contributed by atoms with van der Waals surface area (Å²) in [7, 11) is 0. The molecule has 1 aromatic carbocycles. The molecule has 0 bridgehead atoms. The Morgan fingerprint density at radius 1 is 1.25 bits per heavy atom. The van der Waals surface area contributed by atoms with Crippen LogP contribution in [0.3, 0.4) is 0 Å². The maximum Gasteiger partial charge on any atom is 0.0928 e. The zero-order valence-electron chi connectivity index (χ0n) is 12.3. The highest BCUT2D eigenvalue weighted by Gasteiger charge is 2.17. The van der Waals surface area contributed by atoms with Gasteiger partial charge in [-0.15, -0.1) is 0 Å². The van der Waals surface area contributed by atoms with Gasteiger partial charge < -0.3 is 10.4 Å². The van der Waals surface area contributed by atoms with Crippen molar-refractivity contribution < 1.29 is 5.11 Å². The molecule has 2 N–H and O–H groups in total. The Balaban J connectivity index is 1.65. The molecule has 0 aromatic heterocycles. The number of rotatable bonds is 6. The number of hydrogen-bond donors (Lipinski definition) is 2. The quantitative estimate of drug-likeness (QED) is 0.772. The number of halogens is 1. The smallest absolute Gasteiger partial charge is 0.0928 e. The van der Waals surface area contributed by atoms with Gasteiger partial charge in [0.2, 0.25) is 0 Å². The van der Waals surface area contributed by atoms with E-state index < -0.39 is 6.10 Å². The first kappa shape index (κ1) is 15.8. The van der Waals surface area contributed by atoms with Crippen molar-refractivity contribution in [1.82, 2.24) is 5.32 Å². The van der Waals surface area contributed by atoms with Crippen LogP contribution in [0.5, 0.6) is 0 Å². The minimum absolute atomic E-state index is 0.518. The van der Waals surface area contributed by atoms with Gasteiger partial charge >= 0.3 is 0 Å². The highest BCUT2D eigenvalue weighted by Crippen LogP contribution is 2.30. The van der Waals surface area contributed by atoms with Gasteiger partial charge in [0.25, 0.3) is 0 Å². The highest BCUT2D eigenvalue weighted by atomic mass is 35.5. The summed E-state index contributed by atoms with van der Waals surface area (Å²) in [6.07, 6.45) is 6.21. The van der Waals surface area contributed by atoms with Crippen molar-refractivity contribution in [1.29, 1.82) is 0 Å². The number of aliphatic hydroxyl groups is 1. The number of hydrogen-bond acceptors (Lipinski definition) is 2. The zero-order chi connectivity index (χ0) is 14.4. The number of aliphatic hydroxyl groups excluding tert-OH is 1. The van der Waals surface area contributed by atoms with Crippen molar-refractivity contribution in [3.8, 4) is 0 Å². The van der Waals surface area contributed by atoms with E-state index in [2.05, 4.69) is 12.2 Å². The Morgan fingerprint density at radius 2 is 1.95 bits per heavy atom. The van der Waals surface area contributed by atoms with Gasteiger partial charge in [-0.1, -0.05) is 62.4 Å². The van der Waals surface area contributed by atoms with E-state index in [-0.39, 0.29) is 0 Å². The van der Waals surface area contributed by atoms with E-state index in [1.165, 1.54) is 32.1 Å². The molecule has 2 nitrogen and oxygen atoms in total. The summed E-state index contributed by atoms with van der Waals surface area (Å²) in [5, 5.41) is 14.1. The predicted octanol–water partition coefficient (Wildman–Crippen LogP) is 4.18. The second kappa shape index (κ2) is 8.02. The normalized spacial score (nSPS) is 24.6. The molecule has 1 saturated carbocycles. The minimum Gasteiger partial charge on any atom is -0.387 e. The summed E-state index contributed by atoms with van der Waals surface area (Å²) < 4.78 is 0. The van der Waals surface area contributed by atoms with E-state index >= 15 is 0 Å². The first-order valence-electron chi connectivity index (χ1n) is 7.80. The standard InChI is InChI=1S/C17H26ClNO/c1-13-6-8-14(9-7-13)10-11-19-12-17(20)15-4-2-3-5-16(15)18/h2-5,13-14,17,19-20H,6-12H2,1H3. The molecule has 0 heterocycles. The Hall–Kier alpha value is -0.570. The van der Waals surface area contributed by atoms with Crippen molar-refractivity contribution in [3.63, 3.8) is 0 Å². The molecule has 0 aliphatic heterocycles. The van der Waals surface area contributed by atoms with Crippen LogP contribution in [0.2, 0.25) is 5.02 Å². The number of nitrogens with one attached hydrogen (secondary N) is 1. The van der Waals surface area contributed by atoms with Crippen LogP contribution in [0.15, 0.2) is 24.3 Å². The minimum atomic E-state index is -0.518. The summed E-state index contributed by atoms with van der Waals surface area (Å²) in [4.78, 5) is 0. The fraction of sp³-hybridized carbons (Fsp3) is 0.647. The van der Waals surface area contributed by atoms with Crippen molar-refractivity contribution in [3.05, 3.63) is 34.9 Å². The van der Waals surface area contributed by atoms with Gasteiger partial charge in [-0.2, -0.15) is 0 Å². The predicted molar refractivity (Wildman–Crippen MR) is 85.0 cm³/mol. The first-order chi connectivity index (χ1) is 9.66. The maximum atomic E-state index is 10.1. The Labute approximate surface area is 127 Å². The molecule has 2 rings (SSSR count). The summed E-state index contributed by atoms with van der Waals surface area (Å²) in [5.74, 6) is 1.79. The van der Waals surface area contributed by atoms with Crippen LogP contribution in [0, 0.1) is 11.8 Å². The number of benzene rings is 1. The van der Waals surface area contributed by atoms with Gasteiger partial charge in [-0.3, -0.25) is 0 Å². The Bertz CT molecular complexity index is 402. The lowest BCUT2D eigenvalue weighted by atomic mass is 9.81. The van der Waals surface area contributed by atoms with E-state index in [1.807, 2.05) is 24.3 Å². The lowest BCUT2D eigenvalue weighted by Gasteiger charge is -2.26. The van der Waals surface area contributed by atoms with E-state index in [1.54, 1.807) is 0 Å². The average molecular weight is 296 g/mol. The molecule has 1 aliphatic carbocycles. The summed E-state index contributed by atoms with van der Waals surface area (Å²) in [5.41, 5.74) is 0.813. The third-order valence-corrected chi connectivity index (χ3v) is 4.81. The third-order valence-electron chi connectivity index (χ3n) is 4.47. The molecule has 1 atom stereocenters. The second-order valence-electron chi connectivity index (χ2n) is 6.16. The van der Waals surface area contributed by atoms with Crippen molar-refractivity contribution in [2.45, 2.75) is 45.1 Å². The van der Waals surface area contributed by atoms with Crippen molar-refractivity contribution >= 4 is 11.6 Å². The molecule has 1 unspecified atom stereocenters. The zero-order valence-corrected chi connectivity index (χ0v) is 13.1. The fourth-order valence-electron chi connectivity index (χ4n) is 3.02. The Morgan fingerprint density at radius 3 is 2.65 bits per heavy atom. The molecule has 3 heteroatoms. The molecular formula is C17H26ClNO. The van der Waals surface area contributed by atoms with Crippen molar-refractivity contribution in [2.75, 3.05) is 13.1 Å². The molecule has 0 saturated heterocycles. The van der Waals surface area contributed by atoms with E-state index in [0.717, 1.165) is 23.9 Å². The van der Waals surface area contributed by atoms with Gasteiger partial charge in [-0.05, 0) is 30.9 Å². The molecule has 20 heavy (non-hydrogen) atoms. The van der Waals surface area contributed by atoms with Crippen LogP contribution in [-0.4, -0.2) is 18.2 Å². The third kappa shape index (κ3) is 4.76. The highest BCUT2D eigenvalue weighted by molar-refractivity contribution is 6.31. The van der Waals surface area contributed by atoms with Crippen LogP contribution in [-0.2, 0) is 0 Å². The topological polar surface area (TPSA) is 32.3 Å². The molecular weight excluding hydrogens is 270 g/mol. The summed E-state index contributed by atoms with van der Waals surface area (Å²) >= 11 is 6.08.